The van der Waals surface area contributed by atoms with Crippen LogP contribution in [0.5, 0.6) is 0 Å². The molecule has 0 aromatic heterocycles. The first-order chi connectivity index (χ1) is 5.49. The molecule has 0 radical (unpaired) electrons. The highest BCUT2D eigenvalue weighted by molar-refractivity contribution is 7.89. The van der Waals surface area contributed by atoms with Crippen molar-refractivity contribution in [2.45, 2.75) is 27.7 Å². The summed E-state index contributed by atoms with van der Waals surface area (Å²) in [5, 5.41) is 0. The molecule has 0 amide bonds. The Morgan fingerprint density at radius 3 is 1.92 bits per heavy atom. The third-order valence-corrected chi connectivity index (χ3v) is 4.53. The zero-order valence-corrected chi connectivity index (χ0v) is 9.20. The first-order valence-electron chi connectivity index (χ1n) is 4.61. The topological polar surface area (TPSA) is 35.1 Å². The van der Waals surface area contributed by atoms with Gasteiger partial charge in [0, 0.05) is 16.8 Å². The van der Waals surface area contributed by atoms with Crippen LogP contribution in [0.1, 0.15) is 27.7 Å². The molecule has 72 valence electrons. The molecule has 0 spiro atoms. The van der Waals surface area contributed by atoms with Gasteiger partial charge in [-0.2, -0.15) is 0 Å². The minimum absolute atomic E-state index is 0.255. The Balaban J connectivity index is 2.75. The molecule has 1 N–H and O–H groups in total. The van der Waals surface area contributed by atoms with E-state index in [4.69, 9.17) is 0 Å². The van der Waals surface area contributed by atoms with E-state index in [0.717, 1.165) is 12.3 Å². The van der Waals surface area contributed by atoms with Crippen molar-refractivity contribution in [3.05, 3.63) is 0 Å². The summed E-state index contributed by atoms with van der Waals surface area (Å²) in [5.74, 6) is 2.04. The largest absolute Gasteiger partial charge is 0.598 e. The van der Waals surface area contributed by atoms with Gasteiger partial charge in [-0.25, -0.2) is 0 Å². The molecule has 0 aliphatic carbocycles. The molecule has 12 heavy (non-hydrogen) atoms. The Kier molecular flexibility index (Phi) is 3.07. The minimum atomic E-state index is -0.783. The van der Waals surface area contributed by atoms with E-state index in [0.29, 0.717) is 11.8 Å². The molecule has 1 saturated heterocycles. The van der Waals surface area contributed by atoms with Crippen molar-refractivity contribution in [1.82, 2.24) is 4.72 Å². The predicted molar refractivity (Wildman–Crippen MR) is 53.1 cm³/mol. The van der Waals surface area contributed by atoms with Crippen molar-refractivity contribution < 1.29 is 4.55 Å². The predicted octanol–water partition coefficient (Wildman–Crippen LogP) is 1.55. The lowest BCUT2D eigenvalue weighted by atomic mass is 9.70. The van der Waals surface area contributed by atoms with E-state index in [9.17, 15) is 4.55 Å². The smallest absolute Gasteiger partial charge is 0.133 e. The van der Waals surface area contributed by atoms with Gasteiger partial charge in [0.1, 0.15) is 5.75 Å². The number of nitrogens with one attached hydrogen (secondary N) is 1. The van der Waals surface area contributed by atoms with Crippen molar-refractivity contribution in [3.63, 3.8) is 0 Å². The van der Waals surface area contributed by atoms with Crippen molar-refractivity contribution in [2.75, 3.05) is 12.3 Å². The highest BCUT2D eigenvalue weighted by Crippen LogP contribution is 2.39. The first-order valence-corrected chi connectivity index (χ1v) is 5.93. The second kappa shape index (κ2) is 3.56. The lowest BCUT2D eigenvalue weighted by Crippen LogP contribution is -2.37. The molecule has 1 aliphatic heterocycles. The maximum Gasteiger partial charge on any atom is 0.133 e. The lowest BCUT2D eigenvalue weighted by molar-refractivity contribution is 0.160. The van der Waals surface area contributed by atoms with Crippen molar-refractivity contribution in [1.29, 1.82) is 0 Å². The maximum atomic E-state index is 11.3. The molecule has 1 unspecified atom stereocenters. The molecule has 0 aromatic rings. The average Bonchev–Trinajstić information content (AvgIpc) is 2.32. The van der Waals surface area contributed by atoms with Gasteiger partial charge in [0.05, 0.1) is 6.54 Å². The van der Waals surface area contributed by atoms with Crippen molar-refractivity contribution in [2.24, 2.45) is 17.3 Å². The SMILES string of the molecule is CC(C)C1(C(C)C)CN[S+]([O-])C1. The molecule has 0 saturated carbocycles. The Labute approximate surface area is 78.4 Å². The summed E-state index contributed by atoms with van der Waals surface area (Å²) in [6.45, 7) is 9.82. The summed E-state index contributed by atoms with van der Waals surface area (Å²) in [4.78, 5) is 0. The molecule has 1 heterocycles. The van der Waals surface area contributed by atoms with Crippen LogP contribution < -0.4 is 4.72 Å². The Hall–Kier alpha value is 0.270. The monoisotopic (exact) mass is 189 g/mol. The second-order valence-corrected chi connectivity index (χ2v) is 5.62. The number of hydrogen-bond acceptors (Lipinski definition) is 2. The lowest BCUT2D eigenvalue weighted by Gasteiger charge is -2.33. The van der Waals surface area contributed by atoms with Crippen molar-refractivity contribution >= 4 is 11.4 Å². The average molecular weight is 189 g/mol. The van der Waals surface area contributed by atoms with Crippen LogP contribution in [0.3, 0.4) is 0 Å². The first kappa shape index (κ1) is 10.4. The molecule has 1 rings (SSSR count). The summed E-state index contributed by atoms with van der Waals surface area (Å²) in [5.41, 5.74) is 0.255. The minimum Gasteiger partial charge on any atom is -0.598 e. The van der Waals surface area contributed by atoms with Crippen LogP contribution >= 0.6 is 0 Å². The fourth-order valence-corrected chi connectivity index (χ4v) is 3.76. The molecule has 3 heteroatoms. The van der Waals surface area contributed by atoms with E-state index in [-0.39, 0.29) is 5.41 Å². The number of hydrogen-bond donors (Lipinski definition) is 1. The van der Waals surface area contributed by atoms with E-state index < -0.39 is 11.4 Å². The molecule has 0 aromatic carbocycles. The van der Waals surface area contributed by atoms with E-state index in [1.54, 1.807) is 0 Å². The molecule has 1 atom stereocenters. The van der Waals surface area contributed by atoms with Crippen LogP contribution in [0.4, 0.5) is 0 Å². The van der Waals surface area contributed by atoms with Gasteiger partial charge in [-0.3, -0.25) is 0 Å². The van der Waals surface area contributed by atoms with Gasteiger partial charge in [-0.15, -0.1) is 4.72 Å². The molecule has 1 fully saturated rings. The van der Waals surface area contributed by atoms with Crippen LogP contribution in [-0.4, -0.2) is 16.9 Å². The van der Waals surface area contributed by atoms with Crippen LogP contribution in [0.2, 0.25) is 0 Å². The van der Waals surface area contributed by atoms with Gasteiger partial charge in [0.15, 0.2) is 0 Å². The third kappa shape index (κ3) is 1.63. The van der Waals surface area contributed by atoms with Gasteiger partial charge in [-0.1, -0.05) is 27.7 Å². The highest BCUT2D eigenvalue weighted by Gasteiger charge is 2.46. The summed E-state index contributed by atoms with van der Waals surface area (Å²) in [6, 6.07) is 0. The molecule has 0 bridgehead atoms. The summed E-state index contributed by atoms with van der Waals surface area (Å²) < 4.78 is 14.3. The summed E-state index contributed by atoms with van der Waals surface area (Å²) in [7, 11) is 0. The quantitative estimate of drug-likeness (QED) is 0.669. The molecule has 2 nitrogen and oxygen atoms in total. The van der Waals surface area contributed by atoms with Crippen LogP contribution in [0, 0.1) is 17.3 Å². The number of rotatable bonds is 2. The van der Waals surface area contributed by atoms with E-state index in [2.05, 4.69) is 32.4 Å². The van der Waals surface area contributed by atoms with Crippen LogP contribution in [-0.2, 0) is 11.4 Å². The van der Waals surface area contributed by atoms with Gasteiger partial charge in [-0.05, 0) is 11.8 Å². The van der Waals surface area contributed by atoms with Gasteiger partial charge in [0.25, 0.3) is 0 Å². The summed E-state index contributed by atoms with van der Waals surface area (Å²) >= 11 is -0.783. The van der Waals surface area contributed by atoms with E-state index in [1.165, 1.54) is 0 Å². The zero-order valence-electron chi connectivity index (χ0n) is 8.39. The highest BCUT2D eigenvalue weighted by atomic mass is 32.2. The van der Waals surface area contributed by atoms with Gasteiger partial charge >= 0.3 is 0 Å². The van der Waals surface area contributed by atoms with Gasteiger partial charge < -0.3 is 4.55 Å². The Morgan fingerprint density at radius 2 is 1.75 bits per heavy atom. The summed E-state index contributed by atoms with van der Waals surface area (Å²) in [6.07, 6.45) is 0. The van der Waals surface area contributed by atoms with Crippen LogP contribution in [0.15, 0.2) is 0 Å². The fourth-order valence-electron chi connectivity index (χ4n) is 1.97. The Bertz CT molecular complexity index is 151. The zero-order chi connectivity index (χ0) is 9.35. The van der Waals surface area contributed by atoms with Gasteiger partial charge in [0.2, 0.25) is 0 Å². The molecular formula is C9H19NOS. The Morgan fingerprint density at radius 1 is 1.25 bits per heavy atom. The second-order valence-electron chi connectivity index (χ2n) is 4.35. The molecule has 1 aliphatic rings. The normalized spacial score (nSPS) is 28.8. The van der Waals surface area contributed by atoms with Crippen molar-refractivity contribution in [3.8, 4) is 0 Å². The fraction of sp³-hybridized carbons (Fsp3) is 1.00. The standard InChI is InChI=1S/C9H19NOS/c1-7(2)9(8(3)4)5-10-12(11)6-9/h7-8,10H,5-6H2,1-4H3. The van der Waals surface area contributed by atoms with Crippen LogP contribution in [0.25, 0.3) is 0 Å². The van der Waals surface area contributed by atoms with E-state index >= 15 is 0 Å². The van der Waals surface area contributed by atoms with E-state index in [1.807, 2.05) is 0 Å². The third-order valence-electron chi connectivity index (χ3n) is 3.26. The maximum absolute atomic E-state index is 11.3. The molecular weight excluding hydrogens is 170 g/mol.